The third-order valence-corrected chi connectivity index (χ3v) is 7.98. The van der Waals surface area contributed by atoms with Crippen LogP contribution in [0.1, 0.15) is 134 Å². The summed E-state index contributed by atoms with van der Waals surface area (Å²) in [6.45, 7) is 2.31. The number of rotatable bonds is 12. The van der Waals surface area contributed by atoms with E-state index < -0.39 is 0 Å². The first kappa shape index (κ1) is 23.6. The smallest absolute Gasteiger partial charge is 0.123 e. The Labute approximate surface area is 185 Å². The maximum atomic E-state index is 13.6. The lowest BCUT2D eigenvalue weighted by Crippen LogP contribution is -2.25. The second-order valence-electron chi connectivity index (χ2n) is 10.3. The first-order valence-electron chi connectivity index (χ1n) is 13.1. The molecule has 0 amide bonds. The summed E-state index contributed by atoms with van der Waals surface area (Å²) in [5.74, 6) is 0.457. The second kappa shape index (κ2) is 12.7. The van der Waals surface area contributed by atoms with E-state index in [4.69, 9.17) is 0 Å². The van der Waals surface area contributed by atoms with Crippen LogP contribution in [-0.2, 0) is 0 Å². The van der Waals surface area contributed by atoms with Crippen LogP contribution in [-0.4, -0.2) is 0 Å². The van der Waals surface area contributed by atoms with Crippen molar-refractivity contribution in [3.8, 4) is 0 Å². The lowest BCUT2D eigenvalue weighted by atomic mass is 9.66. The Bertz CT molecular complexity index is 620. The highest BCUT2D eigenvalue weighted by atomic mass is 19.1. The number of allylic oxidation sites excluding steroid dienone is 2. The zero-order valence-electron chi connectivity index (χ0n) is 19.6. The van der Waals surface area contributed by atoms with Gasteiger partial charge in [-0.2, -0.15) is 0 Å². The number of halogens is 1. The van der Waals surface area contributed by atoms with Crippen molar-refractivity contribution < 1.29 is 4.39 Å². The van der Waals surface area contributed by atoms with E-state index >= 15 is 0 Å². The van der Waals surface area contributed by atoms with Crippen LogP contribution in [0, 0.1) is 11.2 Å². The molecule has 0 spiro atoms. The first-order chi connectivity index (χ1) is 14.7. The Hall–Kier alpha value is -1.11. The van der Waals surface area contributed by atoms with Crippen molar-refractivity contribution in [2.75, 3.05) is 0 Å². The fourth-order valence-corrected chi connectivity index (χ4v) is 6.04. The Kier molecular flexibility index (Phi) is 9.95. The van der Waals surface area contributed by atoms with E-state index in [2.05, 4.69) is 25.1 Å². The maximum absolute atomic E-state index is 13.6. The standard InChI is InChI=1S/C29H45F/c1-2-3-4-5-10-20-29(21-11-7-12-22-29)23-19-27(24-25-13-8-6-9-14-25)26-15-17-28(30)18-16-26/h13,15-18,27H,2-12,14,19-24H2,1H3. The van der Waals surface area contributed by atoms with Gasteiger partial charge in [0.15, 0.2) is 0 Å². The molecule has 0 aromatic heterocycles. The molecular formula is C29H45F. The van der Waals surface area contributed by atoms with E-state index in [1.54, 1.807) is 17.7 Å². The van der Waals surface area contributed by atoms with Crippen molar-refractivity contribution in [1.82, 2.24) is 0 Å². The Balaban J connectivity index is 1.64. The first-order valence-corrected chi connectivity index (χ1v) is 13.1. The van der Waals surface area contributed by atoms with E-state index in [-0.39, 0.29) is 5.82 Å². The van der Waals surface area contributed by atoms with Crippen molar-refractivity contribution >= 4 is 0 Å². The van der Waals surface area contributed by atoms with Crippen molar-refractivity contribution in [2.24, 2.45) is 5.41 Å². The summed E-state index contributed by atoms with van der Waals surface area (Å²) < 4.78 is 13.6. The minimum absolute atomic E-state index is 0.106. The Morgan fingerprint density at radius 3 is 2.33 bits per heavy atom. The SMILES string of the molecule is CCCCCCCC1(CCC(CC2=CCCCC2)c2ccc(F)cc2)CCCCC1. The van der Waals surface area contributed by atoms with Gasteiger partial charge in [0, 0.05) is 0 Å². The molecule has 0 N–H and O–H groups in total. The highest BCUT2D eigenvalue weighted by Crippen LogP contribution is 2.46. The van der Waals surface area contributed by atoms with Gasteiger partial charge in [0.25, 0.3) is 0 Å². The van der Waals surface area contributed by atoms with Crippen LogP contribution in [0.15, 0.2) is 35.9 Å². The molecule has 1 saturated carbocycles. The lowest BCUT2D eigenvalue weighted by molar-refractivity contribution is 0.144. The number of unbranched alkanes of at least 4 members (excludes halogenated alkanes) is 4. The maximum Gasteiger partial charge on any atom is 0.123 e. The normalized spacial score (nSPS) is 20.0. The van der Waals surface area contributed by atoms with Gasteiger partial charge in [-0.1, -0.05) is 82.1 Å². The van der Waals surface area contributed by atoms with Crippen molar-refractivity contribution in [2.45, 2.75) is 128 Å². The summed E-state index contributed by atoms with van der Waals surface area (Å²) in [5.41, 5.74) is 3.61. The van der Waals surface area contributed by atoms with Crippen LogP contribution in [0.4, 0.5) is 4.39 Å². The predicted molar refractivity (Wildman–Crippen MR) is 128 cm³/mol. The van der Waals surface area contributed by atoms with Gasteiger partial charge in [-0.25, -0.2) is 4.39 Å². The number of hydrogen-bond acceptors (Lipinski definition) is 0. The molecule has 30 heavy (non-hydrogen) atoms. The molecule has 0 bridgehead atoms. The van der Waals surface area contributed by atoms with Gasteiger partial charge in [-0.3, -0.25) is 0 Å². The van der Waals surface area contributed by atoms with Crippen LogP contribution >= 0.6 is 0 Å². The quantitative estimate of drug-likeness (QED) is 0.237. The lowest BCUT2D eigenvalue weighted by Gasteiger charge is -2.39. The fourth-order valence-electron chi connectivity index (χ4n) is 6.04. The van der Waals surface area contributed by atoms with Crippen LogP contribution in [0.5, 0.6) is 0 Å². The summed E-state index contributed by atoms with van der Waals surface area (Å²) in [5, 5.41) is 0. The van der Waals surface area contributed by atoms with E-state index in [0.29, 0.717) is 11.3 Å². The second-order valence-corrected chi connectivity index (χ2v) is 10.3. The van der Waals surface area contributed by atoms with Crippen LogP contribution < -0.4 is 0 Å². The molecule has 0 nitrogen and oxygen atoms in total. The molecule has 1 fully saturated rings. The molecule has 1 atom stereocenters. The zero-order chi connectivity index (χ0) is 21.1. The Morgan fingerprint density at radius 2 is 1.63 bits per heavy atom. The summed E-state index contributed by atoms with van der Waals surface area (Å²) in [7, 11) is 0. The van der Waals surface area contributed by atoms with Gasteiger partial charge in [0.2, 0.25) is 0 Å². The fraction of sp³-hybridized carbons (Fsp3) is 0.724. The monoisotopic (exact) mass is 412 g/mol. The topological polar surface area (TPSA) is 0 Å². The molecule has 1 heteroatoms. The van der Waals surface area contributed by atoms with Crippen molar-refractivity contribution in [3.05, 3.63) is 47.3 Å². The van der Waals surface area contributed by atoms with Gasteiger partial charge >= 0.3 is 0 Å². The zero-order valence-corrected chi connectivity index (χ0v) is 19.6. The number of hydrogen-bond donors (Lipinski definition) is 0. The summed E-state index contributed by atoms with van der Waals surface area (Å²) in [6, 6.07) is 7.45. The minimum atomic E-state index is -0.106. The predicted octanol–water partition coefficient (Wildman–Crippen LogP) is 9.89. The molecule has 2 aliphatic carbocycles. The van der Waals surface area contributed by atoms with Gasteiger partial charge in [-0.15, -0.1) is 0 Å². The molecule has 2 aliphatic rings. The molecule has 3 rings (SSSR count). The van der Waals surface area contributed by atoms with E-state index in [1.807, 2.05) is 0 Å². The molecule has 1 aromatic carbocycles. The summed E-state index contributed by atoms with van der Waals surface area (Å²) in [6.07, 6.45) is 27.2. The average molecular weight is 413 g/mol. The van der Waals surface area contributed by atoms with Crippen molar-refractivity contribution in [1.29, 1.82) is 0 Å². The molecule has 0 radical (unpaired) electrons. The van der Waals surface area contributed by atoms with E-state index in [9.17, 15) is 4.39 Å². The molecule has 0 aliphatic heterocycles. The highest BCUT2D eigenvalue weighted by molar-refractivity contribution is 5.23. The minimum Gasteiger partial charge on any atom is -0.207 e. The van der Waals surface area contributed by atoms with Gasteiger partial charge in [-0.05, 0) is 93.2 Å². The van der Waals surface area contributed by atoms with Crippen LogP contribution in [0.3, 0.4) is 0 Å². The molecule has 1 unspecified atom stereocenters. The van der Waals surface area contributed by atoms with Crippen LogP contribution in [0.2, 0.25) is 0 Å². The largest absolute Gasteiger partial charge is 0.207 e. The Morgan fingerprint density at radius 1 is 0.867 bits per heavy atom. The third kappa shape index (κ3) is 7.54. The molecule has 0 saturated heterocycles. The highest BCUT2D eigenvalue weighted by Gasteiger charge is 2.32. The van der Waals surface area contributed by atoms with E-state index in [1.165, 1.54) is 121 Å². The van der Waals surface area contributed by atoms with Gasteiger partial charge in [0.05, 0.1) is 0 Å². The van der Waals surface area contributed by atoms with Gasteiger partial charge in [0.1, 0.15) is 5.82 Å². The average Bonchev–Trinajstić information content (AvgIpc) is 2.79. The van der Waals surface area contributed by atoms with E-state index in [0.717, 1.165) is 0 Å². The van der Waals surface area contributed by atoms with Gasteiger partial charge < -0.3 is 0 Å². The molecule has 0 heterocycles. The summed E-state index contributed by atoms with van der Waals surface area (Å²) >= 11 is 0. The molecule has 168 valence electrons. The summed E-state index contributed by atoms with van der Waals surface area (Å²) in [4.78, 5) is 0. The number of benzene rings is 1. The van der Waals surface area contributed by atoms with Crippen molar-refractivity contribution in [3.63, 3.8) is 0 Å². The van der Waals surface area contributed by atoms with Crippen LogP contribution in [0.25, 0.3) is 0 Å². The molecule has 1 aromatic rings. The molecular weight excluding hydrogens is 367 g/mol. The third-order valence-electron chi connectivity index (χ3n) is 7.98.